The highest BCUT2D eigenvalue weighted by atomic mass is 79.9. The van der Waals surface area contributed by atoms with Crippen LogP contribution >= 0.6 is 15.9 Å². The molecule has 2 unspecified atom stereocenters. The van der Waals surface area contributed by atoms with E-state index < -0.39 is 0 Å². The van der Waals surface area contributed by atoms with Gasteiger partial charge in [-0.15, -0.1) is 0 Å². The first-order valence-corrected chi connectivity index (χ1v) is 8.06. The van der Waals surface area contributed by atoms with Gasteiger partial charge in [0, 0.05) is 16.2 Å². The van der Waals surface area contributed by atoms with E-state index in [0.717, 1.165) is 22.1 Å². The van der Waals surface area contributed by atoms with Crippen LogP contribution in [0.4, 0.5) is 5.69 Å². The quantitative estimate of drug-likeness (QED) is 0.787. The van der Waals surface area contributed by atoms with Crippen LogP contribution in [0.15, 0.2) is 53.0 Å². The van der Waals surface area contributed by atoms with Crippen LogP contribution in [0.5, 0.6) is 0 Å². The summed E-state index contributed by atoms with van der Waals surface area (Å²) in [5.41, 5.74) is 9.38. The second kappa shape index (κ2) is 6.60. The highest BCUT2D eigenvalue weighted by molar-refractivity contribution is 9.10. The van der Waals surface area contributed by atoms with Gasteiger partial charge >= 0.3 is 0 Å². The molecule has 2 aromatic rings. The molecule has 0 bridgehead atoms. The summed E-state index contributed by atoms with van der Waals surface area (Å²) in [6.07, 6.45) is 0.722. The number of nitrogens with one attached hydrogen (secondary N) is 3. The minimum Gasteiger partial charge on any atom is -0.324 e. The third kappa shape index (κ3) is 3.38. The van der Waals surface area contributed by atoms with Crippen molar-refractivity contribution in [2.45, 2.75) is 25.4 Å². The zero-order valence-corrected chi connectivity index (χ0v) is 13.9. The minimum atomic E-state index is -0.242. The van der Waals surface area contributed by atoms with Gasteiger partial charge in [0.2, 0.25) is 5.91 Å². The van der Waals surface area contributed by atoms with Gasteiger partial charge in [-0.05, 0) is 42.7 Å². The Morgan fingerprint density at radius 2 is 1.86 bits per heavy atom. The number of hydrogen-bond acceptors (Lipinski definition) is 3. The molecule has 22 heavy (non-hydrogen) atoms. The Balaban J connectivity index is 1.64. The topological polar surface area (TPSA) is 53.2 Å². The van der Waals surface area contributed by atoms with E-state index in [-0.39, 0.29) is 18.0 Å². The number of hydrazine groups is 1. The Morgan fingerprint density at radius 1 is 1.14 bits per heavy atom. The lowest BCUT2D eigenvalue weighted by atomic mass is 10.0. The van der Waals surface area contributed by atoms with Crippen LogP contribution in [-0.4, -0.2) is 11.9 Å². The van der Waals surface area contributed by atoms with Crippen LogP contribution in [-0.2, 0) is 4.79 Å². The second-order valence-electron chi connectivity index (χ2n) is 5.49. The molecule has 1 fully saturated rings. The molecule has 1 heterocycles. The van der Waals surface area contributed by atoms with Crippen molar-refractivity contribution in [2.75, 3.05) is 5.32 Å². The molecule has 0 spiro atoms. The smallest absolute Gasteiger partial charge is 0.242 e. The van der Waals surface area contributed by atoms with Gasteiger partial charge in [0.15, 0.2) is 0 Å². The maximum atomic E-state index is 12.4. The number of amides is 1. The van der Waals surface area contributed by atoms with Crippen molar-refractivity contribution >= 4 is 27.5 Å². The van der Waals surface area contributed by atoms with Gasteiger partial charge in [-0.25, -0.2) is 10.9 Å². The number of halogens is 1. The first kappa shape index (κ1) is 15.2. The average molecular weight is 360 g/mol. The Hall–Kier alpha value is -1.69. The Bertz CT molecular complexity index is 672. The van der Waals surface area contributed by atoms with Gasteiger partial charge in [-0.2, -0.15) is 0 Å². The average Bonchev–Trinajstić information content (AvgIpc) is 3.00. The van der Waals surface area contributed by atoms with Crippen LogP contribution in [0, 0.1) is 6.92 Å². The molecule has 3 rings (SSSR count). The maximum absolute atomic E-state index is 12.4. The minimum absolute atomic E-state index is 0.0126. The summed E-state index contributed by atoms with van der Waals surface area (Å²) in [4.78, 5) is 12.4. The van der Waals surface area contributed by atoms with E-state index in [2.05, 4.69) is 44.2 Å². The summed E-state index contributed by atoms with van der Waals surface area (Å²) in [6.45, 7) is 1.99. The van der Waals surface area contributed by atoms with E-state index in [1.165, 1.54) is 5.56 Å². The van der Waals surface area contributed by atoms with Crippen molar-refractivity contribution in [1.82, 2.24) is 10.9 Å². The first-order chi connectivity index (χ1) is 10.6. The monoisotopic (exact) mass is 359 g/mol. The first-order valence-electron chi connectivity index (χ1n) is 7.26. The number of hydrogen-bond donors (Lipinski definition) is 3. The third-order valence-electron chi connectivity index (χ3n) is 3.89. The molecule has 2 aromatic carbocycles. The molecule has 1 amide bonds. The fourth-order valence-electron chi connectivity index (χ4n) is 2.57. The Kier molecular flexibility index (Phi) is 4.57. The molecule has 2 atom stereocenters. The lowest BCUT2D eigenvalue weighted by Crippen LogP contribution is -2.39. The van der Waals surface area contributed by atoms with E-state index in [9.17, 15) is 4.79 Å². The number of aryl methyl sites for hydroxylation is 1. The third-order valence-corrected chi connectivity index (χ3v) is 4.42. The molecular weight excluding hydrogens is 342 g/mol. The van der Waals surface area contributed by atoms with Crippen molar-refractivity contribution in [3.8, 4) is 0 Å². The zero-order valence-electron chi connectivity index (χ0n) is 12.3. The standard InChI is InChI=1S/C17H18BrN3O/c1-11-4-2-3-5-14(11)19-17(22)16-10-15(20-21-16)12-6-8-13(18)9-7-12/h2-9,15-16,20-21H,10H2,1H3,(H,19,22). The van der Waals surface area contributed by atoms with E-state index >= 15 is 0 Å². The van der Waals surface area contributed by atoms with Crippen molar-refractivity contribution in [3.63, 3.8) is 0 Å². The molecule has 1 saturated heterocycles. The molecule has 0 aromatic heterocycles. The van der Waals surface area contributed by atoms with E-state index in [0.29, 0.717) is 0 Å². The van der Waals surface area contributed by atoms with Crippen LogP contribution < -0.4 is 16.2 Å². The highest BCUT2D eigenvalue weighted by Gasteiger charge is 2.30. The van der Waals surface area contributed by atoms with Gasteiger partial charge in [-0.3, -0.25) is 4.79 Å². The van der Waals surface area contributed by atoms with Crippen LogP contribution in [0.2, 0.25) is 0 Å². The molecule has 1 aliphatic heterocycles. The van der Waals surface area contributed by atoms with E-state index in [4.69, 9.17) is 0 Å². The van der Waals surface area contributed by atoms with E-state index in [1.807, 2.05) is 43.3 Å². The number of benzene rings is 2. The van der Waals surface area contributed by atoms with Crippen molar-refractivity contribution < 1.29 is 4.79 Å². The normalized spacial score (nSPS) is 20.8. The predicted molar refractivity (Wildman–Crippen MR) is 91.4 cm³/mol. The predicted octanol–water partition coefficient (Wildman–Crippen LogP) is 3.30. The van der Waals surface area contributed by atoms with Crippen molar-refractivity contribution in [3.05, 3.63) is 64.1 Å². The van der Waals surface area contributed by atoms with Gasteiger partial charge in [0.1, 0.15) is 6.04 Å². The van der Waals surface area contributed by atoms with Gasteiger partial charge in [-0.1, -0.05) is 46.3 Å². The summed E-state index contributed by atoms with van der Waals surface area (Å²) in [7, 11) is 0. The SMILES string of the molecule is Cc1ccccc1NC(=O)C1CC(c2ccc(Br)cc2)NN1. The van der Waals surface area contributed by atoms with Crippen molar-refractivity contribution in [2.24, 2.45) is 0 Å². The molecule has 3 N–H and O–H groups in total. The Labute approximate surface area is 138 Å². The lowest BCUT2D eigenvalue weighted by Gasteiger charge is -2.12. The fraction of sp³-hybridized carbons (Fsp3) is 0.235. The van der Waals surface area contributed by atoms with Crippen LogP contribution in [0.1, 0.15) is 23.6 Å². The lowest BCUT2D eigenvalue weighted by molar-refractivity contribution is -0.117. The van der Waals surface area contributed by atoms with Crippen LogP contribution in [0.3, 0.4) is 0 Å². The summed E-state index contributed by atoms with van der Waals surface area (Å²) in [5.74, 6) is -0.0126. The molecular formula is C17H18BrN3O. The molecule has 5 heteroatoms. The number of anilines is 1. The van der Waals surface area contributed by atoms with Gasteiger partial charge in [0.05, 0.1) is 0 Å². The molecule has 0 radical (unpaired) electrons. The molecule has 114 valence electrons. The maximum Gasteiger partial charge on any atom is 0.242 e. The number of para-hydroxylation sites is 1. The van der Waals surface area contributed by atoms with Crippen LogP contribution in [0.25, 0.3) is 0 Å². The number of carbonyl (C=O) groups excluding carboxylic acids is 1. The molecule has 1 aliphatic rings. The van der Waals surface area contributed by atoms with Crippen molar-refractivity contribution in [1.29, 1.82) is 0 Å². The largest absolute Gasteiger partial charge is 0.324 e. The van der Waals surface area contributed by atoms with Gasteiger partial charge < -0.3 is 5.32 Å². The number of carbonyl (C=O) groups is 1. The molecule has 0 aliphatic carbocycles. The van der Waals surface area contributed by atoms with E-state index in [1.54, 1.807) is 0 Å². The Morgan fingerprint density at radius 3 is 2.59 bits per heavy atom. The summed E-state index contributed by atoms with van der Waals surface area (Å²) < 4.78 is 1.05. The summed E-state index contributed by atoms with van der Waals surface area (Å²) in [5, 5.41) is 2.98. The van der Waals surface area contributed by atoms with Gasteiger partial charge in [0.25, 0.3) is 0 Å². The highest BCUT2D eigenvalue weighted by Crippen LogP contribution is 2.24. The molecule has 4 nitrogen and oxygen atoms in total. The summed E-state index contributed by atoms with van der Waals surface area (Å²) in [6, 6.07) is 15.8. The number of rotatable bonds is 3. The summed E-state index contributed by atoms with van der Waals surface area (Å²) >= 11 is 3.43. The second-order valence-corrected chi connectivity index (χ2v) is 6.40. The molecule has 0 saturated carbocycles. The fourth-order valence-corrected chi connectivity index (χ4v) is 2.84. The zero-order chi connectivity index (χ0) is 15.5.